The van der Waals surface area contributed by atoms with Gasteiger partial charge in [0.25, 0.3) is 5.91 Å². The summed E-state index contributed by atoms with van der Waals surface area (Å²) in [6, 6.07) is 5.74. The van der Waals surface area contributed by atoms with Crippen molar-refractivity contribution < 1.29 is 13.9 Å². The van der Waals surface area contributed by atoms with Gasteiger partial charge in [0.15, 0.2) is 6.61 Å². The monoisotopic (exact) mass is 372 g/mol. The Morgan fingerprint density at radius 3 is 2.74 bits per heavy atom. The number of aromatic nitrogens is 3. The lowest BCUT2D eigenvalue weighted by molar-refractivity contribution is -0.132. The van der Waals surface area contributed by atoms with Gasteiger partial charge in [0, 0.05) is 25.6 Å². The average molecular weight is 372 g/mol. The molecular formula is C20H25FN4O2. The van der Waals surface area contributed by atoms with E-state index in [9.17, 15) is 9.18 Å². The first-order valence-corrected chi connectivity index (χ1v) is 9.65. The van der Waals surface area contributed by atoms with Gasteiger partial charge in [-0.1, -0.05) is 12.8 Å². The minimum Gasteiger partial charge on any atom is -0.484 e. The van der Waals surface area contributed by atoms with Crippen molar-refractivity contribution in [1.29, 1.82) is 0 Å². The van der Waals surface area contributed by atoms with E-state index in [0.717, 1.165) is 31.8 Å². The van der Waals surface area contributed by atoms with Crippen molar-refractivity contribution >= 4 is 5.91 Å². The highest BCUT2D eigenvalue weighted by Gasteiger charge is 2.51. The maximum atomic E-state index is 13.0. The number of likely N-dealkylation sites (tertiary alicyclic amines) is 1. The van der Waals surface area contributed by atoms with Crippen molar-refractivity contribution in [2.45, 2.75) is 45.1 Å². The van der Waals surface area contributed by atoms with Crippen LogP contribution in [0.1, 0.15) is 44.3 Å². The van der Waals surface area contributed by atoms with E-state index in [1.165, 1.54) is 37.1 Å². The molecule has 0 bridgehead atoms. The molecule has 2 aromatic rings. The van der Waals surface area contributed by atoms with Gasteiger partial charge in [-0.05, 0) is 49.4 Å². The molecule has 144 valence electrons. The summed E-state index contributed by atoms with van der Waals surface area (Å²) in [6.07, 6.45) is 6.42. The number of halogens is 1. The van der Waals surface area contributed by atoms with Gasteiger partial charge in [-0.15, -0.1) is 10.2 Å². The van der Waals surface area contributed by atoms with Crippen molar-refractivity contribution in [2.24, 2.45) is 5.41 Å². The van der Waals surface area contributed by atoms with Gasteiger partial charge in [-0.25, -0.2) is 4.39 Å². The zero-order valence-corrected chi connectivity index (χ0v) is 15.6. The molecule has 4 rings (SSSR count). The molecule has 1 unspecified atom stereocenters. The molecule has 1 saturated carbocycles. The molecule has 27 heavy (non-hydrogen) atoms. The minimum absolute atomic E-state index is 0.0318. The fourth-order valence-electron chi connectivity index (χ4n) is 4.64. The number of amides is 1. The average Bonchev–Trinajstić information content (AvgIpc) is 3.41. The summed E-state index contributed by atoms with van der Waals surface area (Å²) in [6.45, 7) is 4.29. The number of nitrogens with zero attached hydrogens (tertiary/aromatic N) is 4. The highest BCUT2D eigenvalue weighted by atomic mass is 19.1. The quantitative estimate of drug-likeness (QED) is 0.810. The van der Waals surface area contributed by atoms with E-state index >= 15 is 0 Å². The third-order valence-corrected chi connectivity index (χ3v) is 6.07. The lowest BCUT2D eigenvalue weighted by Crippen LogP contribution is -2.34. The van der Waals surface area contributed by atoms with Crippen LogP contribution in [0.3, 0.4) is 0 Å². The van der Waals surface area contributed by atoms with Gasteiger partial charge >= 0.3 is 0 Å². The first-order chi connectivity index (χ1) is 13.1. The molecule has 1 amide bonds. The summed E-state index contributed by atoms with van der Waals surface area (Å²) in [5.74, 6) is 1.36. The van der Waals surface area contributed by atoms with Crippen LogP contribution >= 0.6 is 0 Å². The molecule has 1 aromatic heterocycles. The highest BCUT2D eigenvalue weighted by Crippen LogP contribution is 2.52. The number of carbonyl (C=O) groups is 1. The van der Waals surface area contributed by atoms with Crippen LogP contribution < -0.4 is 4.74 Å². The number of hydrogen-bond donors (Lipinski definition) is 0. The second-order valence-corrected chi connectivity index (χ2v) is 7.61. The molecule has 1 saturated heterocycles. The minimum atomic E-state index is -0.320. The fraction of sp³-hybridized carbons (Fsp3) is 0.550. The van der Waals surface area contributed by atoms with E-state index < -0.39 is 0 Å². The second kappa shape index (κ2) is 7.29. The highest BCUT2D eigenvalue weighted by molar-refractivity contribution is 5.78. The molecule has 1 atom stereocenters. The van der Waals surface area contributed by atoms with Crippen molar-refractivity contribution in [3.8, 4) is 5.75 Å². The van der Waals surface area contributed by atoms with Crippen molar-refractivity contribution in [2.75, 3.05) is 19.7 Å². The van der Waals surface area contributed by atoms with Gasteiger partial charge in [-0.2, -0.15) is 0 Å². The van der Waals surface area contributed by atoms with Gasteiger partial charge in [-0.3, -0.25) is 4.79 Å². The molecule has 1 aromatic carbocycles. The molecular weight excluding hydrogens is 347 g/mol. The van der Waals surface area contributed by atoms with E-state index in [1.807, 2.05) is 4.90 Å². The maximum Gasteiger partial charge on any atom is 0.260 e. The zero-order chi connectivity index (χ0) is 18.9. The van der Waals surface area contributed by atoms with Gasteiger partial charge in [0.1, 0.15) is 23.7 Å². The van der Waals surface area contributed by atoms with E-state index in [2.05, 4.69) is 21.7 Å². The van der Waals surface area contributed by atoms with E-state index in [4.69, 9.17) is 4.74 Å². The largest absolute Gasteiger partial charge is 0.484 e. The van der Waals surface area contributed by atoms with Crippen LogP contribution in [0.5, 0.6) is 5.75 Å². The van der Waals surface area contributed by atoms with Gasteiger partial charge < -0.3 is 14.2 Å². The second-order valence-electron chi connectivity index (χ2n) is 7.61. The molecule has 0 radical (unpaired) electrons. The van der Waals surface area contributed by atoms with Crippen LogP contribution in [0.2, 0.25) is 0 Å². The van der Waals surface area contributed by atoms with Crippen LogP contribution in [0.15, 0.2) is 30.6 Å². The fourth-order valence-corrected chi connectivity index (χ4v) is 4.64. The molecule has 1 aliphatic heterocycles. The number of aryl methyl sites for hydroxylation is 1. The summed E-state index contributed by atoms with van der Waals surface area (Å²) in [5.41, 5.74) is 0.103. The van der Waals surface area contributed by atoms with Gasteiger partial charge in [0.2, 0.25) is 0 Å². The number of hydrogen-bond acceptors (Lipinski definition) is 4. The molecule has 2 heterocycles. The number of carbonyl (C=O) groups excluding carboxylic acids is 1. The third-order valence-electron chi connectivity index (χ3n) is 6.07. The first kappa shape index (κ1) is 17.9. The Balaban J connectivity index is 1.47. The Labute approximate surface area is 158 Å². The topological polar surface area (TPSA) is 60.2 Å². The Morgan fingerprint density at radius 1 is 1.30 bits per heavy atom. The summed E-state index contributed by atoms with van der Waals surface area (Å²) in [4.78, 5) is 14.7. The van der Waals surface area contributed by atoms with Gasteiger partial charge in [0.05, 0.1) is 0 Å². The normalized spacial score (nSPS) is 21.1. The summed E-state index contributed by atoms with van der Waals surface area (Å²) in [7, 11) is 0. The summed E-state index contributed by atoms with van der Waals surface area (Å²) < 4.78 is 20.7. The van der Waals surface area contributed by atoms with Crippen LogP contribution in [-0.4, -0.2) is 45.3 Å². The molecule has 6 nitrogen and oxygen atoms in total. The van der Waals surface area contributed by atoms with Crippen molar-refractivity contribution in [3.05, 3.63) is 42.2 Å². The SMILES string of the molecule is CCn1cnnc1C1CN(C(=O)COc2ccc(F)cc2)CC12CCCC2. The standard InChI is InChI=1S/C20H25FN4O2/c1-2-24-14-22-23-19(24)17-11-25(13-20(17)9-3-4-10-20)18(26)12-27-16-7-5-15(21)6-8-16/h5-8,14,17H,2-4,9-13H2,1H3. The Hall–Kier alpha value is -2.44. The van der Waals surface area contributed by atoms with Crippen LogP contribution in [0.4, 0.5) is 4.39 Å². The van der Waals surface area contributed by atoms with E-state index in [0.29, 0.717) is 12.3 Å². The summed E-state index contributed by atoms with van der Waals surface area (Å²) >= 11 is 0. The Morgan fingerprint density at radius 2 is 2.04 bits per heavy atom. The van der Waals surface area contributed by atoms with Crippen molar-refractivity contribution in [3.63, 3.8) is 0 Å². The van der Waals surface area contributed by atoms with Crippen LogP contribution in [-0.2, 0) is 11.3 Å². The number of rotatable bonds is 5. The summed E-state index contributed by atoms with van der Waals surface area (Å²) in [5, 5.41) is 8.49. The Kier molecular flexibility index (Phi) is 4.85. The molecule has 0 N–H and O–H groups in total. The molecule has 2 aliphatic rings. The lowest BCUT2D eigenvalue weighted by Gasteiger charge is -2.29. The first-order valence-electron chi connectivity index (χ1n) is 9.65. The number of ether oxygens (including phenoxy) is 1. The third kappa shape index (κ3) is 3.42. The molecule has 1 aliphatic carbocycles. The van der Waals surface area contributed by atoms with Crippen molar-refractivity contribution in [1.82, 2.24) is 19.7 Å². The Bertz CT molecular complexity index is 799. The van der Waals surface area contributed by atoms with Crippen LogP contribution in [0.25, 0.3) is 0 Å². The molecule has 7 heteroatoms. The predicted molar refractivity (Wildman–Crippen MR) is 97.8 cm³/mol. The molecule has 1 spiro atoms. The predicted octanol–water partition coefficient (Wildman–Crippen LogP) is 3.00. The van der Waals surface area contributed by atoms with E-state index in [-0.39, 0.29) is 29.7 Å². The smallest absolute Gasteiger partial charge is 0.260 e. The lowest BCUT2D eigenvalue weighted by atomic mass is 9.76. The maximum absolute atomic E-state index is 13.0. The number of benzene rings is 1. The zero-order valence-electron chi connectivity index (χ0n) is 15.6. The molecule has 2 fully saturated rings. The van der Waals surface area contributed by atoms with E-state index in [1.54, 1.807) is 6.33 Å². The van der Waals surface area contributed by atoms with Crippen LogP contribution in [0, 0.1) is 11.2 Å².